The molecule has 0 aromatic carbocycles. The number of hydrogen-bond acceptors (Lipinski definition) is 5. The van der Waals surface area contributed by atoms with Crippen LogP contribution in [0.4, 0.5) is 11.6 Å². The minimum atomic E-state index is -0.186. The molecule has 1 aliphatic carbocycles. The van der Waals surface area contributed by atoms with Crippen LogP contribution in [-0.4, -0.2) is 28.5 Å². The molecule has 0 aliphatic heterocycles. The van der Waals surface area contributed by atoms with Gasteiger partial charge in [0.05, 0.1) is 6.54 Å². The van der Waals surface area contributed by atoms with E-state index < -0.39 is 0 Å². The van der Waals surface area contributed by atoms with E-state index in [4.69, 9.17) is 5.73 Å². The van der Waals surface area contributed by atoms with Gasteiger partial charge in [-0.2, -0.15) is 0 Å². The lowest BCUT2D eigenvalue weighted by Gasteiger charge is -2.19. The smallest absolute Gasteiger partial charge is 0.239 e. The van der Waals surface area contributed by atoms with Crippen molar-refractivity contribution < 1.29 is 4.79 Å². The maximum absolute atomic E-state index is 11.7. The zero-order valence-corrected chi connectivity index (χ0v) is 12.6. The Morgan fingerprint density at radius 1 is 1.35 bits per heavy atom. The predicted octanol–water partition coefficient (Wildman–Crippen LogP) is 1.36. The first-order valence-corrected chi connectivity index (χ1v) is 6.95. The van der Waals surface area contributed by atoms with Crippen molar-refractivity contribution in [2.75, 3.05) is 17.6 Å². The first kappa shape index (κ1) is 14.6. The van der Waals surface area contributed by atoms with Crippen molar-refractivity contribution in [3.8, 4) is 0 Å². The average molecular weight is 277 g/mol. The molecule has 2 rings (SSSR count). The van der Waals surface area contributed by atoms with Gasteiger partial charge in [-0.1, -0.05) is 20.8 Å². The number of hydrogen-bond donors (Lipinski definition) is 3. The number of rotatable bonds is 4. The number of nitrogens with zero attached hydrogens (tertiary/aromatic N) is 2. The minimum absolute atomic E-state index is 0.0126. The van der Waals surface area contributed by atoms with Gasteiger partial charge in [0.15, 0.2) is 0 Å². The lowest BCUT2D eigenvalue weighted by molar-refractivity contribution is -0.119. The third kappa shape index (κ3) is 3.59. The van der Waals surface area contributed by atoms with Crippen LogP contribution < -0.4 is 16.4 Å². The number of carbonyl (C=O) groups is 1. The number of amides is 1. The highest BCUT2D eigenvalue weighted by Crippen LogP contribution is 2.24. The molecule has 1 aromatic rings. The maximum atomic E-state index is 11.7. The Hall–Kier alpha value is -1.85. The second-order valence-corrected chi connectivity index (χ2v) is 6.35. The number of aromatic nitrogens is 2. The normalized spacial score (nSPS) is 15.0. The lowest BCUT2D eigenvalue weighted by Crippen LogP contribution is -2.32. The van der Waals surface area contributed by atoms with Crippen LogP contribution in [0.3, 0.4) is 0 Å². The zero-order valence-electron chi connectivity index (χ0n) is 12.6. The van der Waals surface area contributed by atoms with E-state index in [0.717, 1.165) is 18.4 Å². The summed E-state index contributed by atoms with van der Waals surface area (Å²) in [5, 5.41) is 5.98. The van der Waals surface area contributed by atoms with Gasteiger partial charge >= 0.3 is 0 Å². The van der Waals surface area contributed by atoms with E-state index in [1.54, 1.807) is 0 Å². The van der Waals surface area contributed by atoms with Gasteiger partial charge in [0.25, 0.3) is 0 Å². The quantitative estimate of drug-likeness (QED) is 0.772. The van der Waals surface area contributed by atoms with E-state index in [0.29, 0.717) is 23.5 Å². The highest BCUT2D eigenvalue weighted by atomic mass is 16.2. The Labute approximate surface area is 119 Å². The summed E-state index contributed by atoms with van der Waals surface area (Å²) in [6.45, 7) is 8.14. The Morgan fingerprint density at radius 2 is 2.00 bits per heavy atom. The van der Waals surface area contributed by atoms with Crippen LogP contribution in [0.2, 0.25) is 0 Å². The monoisotopic (exact) mass is 277 g/mol. The molecule has 110 valence electrons. The van der Waals surface area contributed by atoms with Crippen LogP contribution in [0.1, 0.15) is 45.0 Å². The maximum Gasteiger partial charge on any atom is 0.239 e. The van der Waals surface area contributed by atoms with Gasteiger partial charge < -0.3 is 16.4 Å². The highest BCUT2D eigenvalue weighted by molar-refractivity contribution is 5.81. The first-order valence-electron chi connectivity index (χ1n) is 6.95. The second kappa shape index (κ2) is 5.26. The summed E-state index contributed by atoms with van der Waals surface area (Å²) in [6, 6.07) is 0.367. The molecule has 20 heavy (non-hydrogen) atoms. The molecule has 6 heteroatoms. The van der Waals surface area contributed by atoms with Crippen molar-refractivity contribution in [3.05, 3.63) is 11.4 Å². The van der Waals surface area contributed by atoms with E-state index in [-0.39, 0.29) is 17.9 Å². The lowest BCUT2D eigenvalue weighted by atomic mass is 9.95. The second-order valence-electron chi connectivity index (χ2n) is 6.35. The van der Waals surface area contributed by atoms with Crippen molar-refractivity contribution in [1.82, 2.24) is 15.3 Å². The SMILES string of the molecule is Cc1c(N)nc(C(C)(C)C)nc1NCC(=O)NC1CC1. The van der Waals surface area contributed by atoms with Crippen LogP contribution in [0.15, 0.2) is 0 Å². The molecule has 4 N–H and O–H groups in total. The third-order valence-corrected chi connectivity index (χ3v) is 3.21. The summed E-state index contributed by atoms with van der Waals surface area (Å²) in [6.07, 6.45) is 2.17. The van der Waals surface area contributed by atoms with E-state index in [1.807, 2.05) is 27.7 Å². The average Bonchev–Trinajstić information content (AvgIpc) is 3.13. The van der Waals surface area contributed by atoms with E-state index in [9.17, 15) is 4.79 Å². The molecule has 0 bridgehead atoms. The topological polar surface area (TPSA) is 92.9 Å². The number of carbonyl (C=O) groups excluding carboxylic acids is 1. The number of nitrogen functional groups attached to an aromatic ring is 1. The van der Waals surface area contributed by atoms with Gasteiger partial charge in [-0.05, 0) is 19.8 Å². The molecule has 0 saturated heterocycles. The summed E-state index contributed by atoms with van der Waals surface area (Å²) in [5.41, 5.74) is 6.51. The largest absolute Gasteiger partial charge is 0.383 e. The minimum Gasteiger partial charge on any atom is -0.383 e. The standard InChI is InChI=1S/C14H23N5O/c1-8-11(15)18-13(14(2,3)4)19-12(8)16-7-10(20)17-9-5-6-9/h9H,5-7H2,1-4H3,(H,17,20)(H3,15,16,18,19). The molecule has 1 aromatic heterocycles. The molecule has 1 aliphatic rings. The van der Waals surface area contributed by atoms with Crippen LogP contribution in [0.25, 0.3) is 0 Å². The molecular formula is C14H23N5O. The van der Waals surface area contributed by atoms with E-state index >= 15 is 0 Å². The molecule has 0 spiro atoms. The molecule has 1 saturated carbocycles. The Bertz CT molecular complexity index is 517. The summed E-state index contributed by atoms with van der Waals surface area (Å²) < 4.78 is 0. The van der Waals surface area contributed by atoms with Crippen LogP contribution in [0, 0.1) is 6.92 Å². The molecule has 0 radical (unpaired) electrons. The van der Waals surface area contributed by atoms with Gasteiger partial charge in [-0.3, -0.25) is 4.79 Å². The Kier molecular flexibility index (Phi) is 3.83. The molecule has 1 amide bonds. The summed E-state index contributed by atoms with van der Waals surface area (Å²) in [4.78, 5) is 20.5. The van der Waals surface area contributed by atoms with Crippen LogP contribution in [0.5, 0.6) is 0 Å². The Balaban J connectivity index is 2.09. The molecule has 1 heterocycles. The molecular weight excluding hydrogens is 254 g/mol. The van der Waals surface area contributed by atoms with Gasteiger partial charge in [-0.15, -0.1) is 0 Å². The predicted molar refractivity (Wildman–Crippen MR) is 79.5 cm³/mol. The summed E-state index contributed by atoms with van der Waals surface area (Å²) in [5.74, 6) is 1.75. The molecule has 0 unspecified atom stereocenters. The van der Waals surface area contributed by atoms with Crippen molar-refractivity contribution in [2.24, 2.45) is 0 Å². The number of nitrogens with two attached hydrogens (primary N) is 1. The van der Waals surface area contributed by atoms with Crippen molar-refractivity contribution >= 4 is 17.5 Å². The van der Waals surface area contributed by atoms with E-state index in [1.165, 1.54) is 0 Å². The fraction of sp³-hybridized carbons (Fsp3) is 0.643. The molecule has 0 atom stereocenters. The van der Waals surface area contributed by atoms with Crippen molar-refractivity contribution in [1.29, 1.82) is 0 Å². The first-order chi connectivity index (χ1) is 9.27. The number of nitrogens with one attached hydrogen (secondary N) is 2. The van der Waals surface area contributed by atoms with Gasteiger partial charge in [0.1, 0.15) is 17.5 Å². The molecule has 1 fully saturated rings. The fourth-order valence-electron chi connectivity index (χ4n) is 1.71. The number of anilines is 2. The summed E-state index contributed by atoms with van der Waals surface area (Å²) in [7, 11) is 0. The molecule has 6 nitrogen and oxygen atoms in total. The van der Waals surface area contributed by atoms with Gasteiger partial charge in [0.2, 0.25) is 5.91 Å². The van der Waals surface area contributed by atoms with Gasteiger partial charge in [-0.25, -0.2) is 9.97 Å². The van der Waals surface area contributed by atoms with Crippen LogP contribution in [-0.2, 0) is 10.2 Å². The fourth-order valence-corrected chi connectivity index (χ4v) is 1.71. The highest BCUT2D eigenvalue weighted by Gasteiger charge is 2.24. The Morgan fingerprint density at radius 3 is 2.55 bits per heavy atom. The van der Waals surface area contributed by atoms with E-state index in [2.05, 4.69) is 20.6 Å². The van der Waals surface area contributed by atoms with Gasteiger partial charge in [0, 0.05) is 17.0 Å². The van der Waals surface area contributed by atoms with Crippen molar-refractivity contribution in [2.45, 2.75) is 52.0 Å². The zero-order chi connectivity index (χ0) is 14.9. The summed E-state index contributed by atoms with van der Waals surface area (Å²) >= 11 is 0. The van der Waals surface area contributed by atoms with Crippen molar-refractivity contribution in [3.63, 3.8) is 0 Å². The third-order valence-electron chi connectivity index (χ3n) is 3.21. The van der Waals surface area contributed by atoms with Crippen LogP contribution >= 0.6 is 0 Å².